The van der Waals surface area contributed by atoms with E-state index in [0.717, 1.165) is 51.9 Å². The monoisotopic (exact) mass is 299 g/mol. The Morgan fingerprint density at radius 3 is 2.59 bits per heavy atom. The molecule has 118 valence electrons. The van der Waals surface area contributed by atoms with Crippen molar-refractivity contribution in [3.63, 3.8) is 0 Å². The van der Waals surface area contributed by atoms with E-state index in [0.29, 0.717) is 0 Å². The largest absolute Gasteiger partial charge is 0.389 e. The van der Waals surface area contributed by atoms with Crippen LogP contribution in [0.15, 0.2) is 48.8 Å². The molecule has 0 saturated heterocycles. The fourth-order valence-corrected chi connectivity index (χ4v) is 3.34. The number of hydrogen-bond acceptors (Lipinski definition) is 3. The lowest BCUT2D eigenvalue weighted by molar-refractivity contribution is 0.00584. The minimum absolute atomic E-state index is 0.501. The van der Waals surface area contributed by atoms with Crippen LogP contribution in [-0.2, 0) is 13.1 Å². The Labute approximate surface area is 132 Å². The first-order valence-electron chi connectivity index (χ1n) is 8.20. The van der Waals surface area contributed by atoms with Crippen molar-refractivity contribution >= 4 is 0 Å². The number of nitrogens with zero attached hydrogens (tertiary/aromatic N) is 3. The Morgan fingerprint density at radius 2 is 1.91 bits per heavy atom. The maximum atomic E-state index is 10.7. The smallest absolute Gasteiger partial charge is 0.0774 e. The molecule has 1 aromatic carbocycles. The van der Waals surface area contributed by atoms with Crippen LogP contribution in [0.4, 0.5) is 0 Å². The first-order chi connectivity index (χ1) is 10.7. The van der Waals surface area contributed by atoms with E-state index in [9.17, 15) is 5.11 Å². The molecule has 1 fully saturated rings. The molecule has 0 atom stereocenters. The average Bonchev–Trinajstić information content (AvgIpc) is 3.18. The van der Waals surface area contributed by atoms with E-state index in [1.165, 1.54) is 5.56 Å². The van der Waals surface area contributed by atoms with E-state index in [4.69, 9.17) is 0 Å². The third kappa shape index (κ3) is 4.18. The second-order valence-electron chi connectivity index (χ2n) is 6.40. The van der Waals surface area contributed by atoms with Crippen LogP contribution in [0, 0.1) is 0 Å². The second-order valence-corrected chi connectivity index (χ2v) is 6.40. The zero-order valence-electron chi connectivity index (χ0n) is 13.1. The van der Waals surface area contributed by atoms with Gasteiger partial charge in [-0.2, -0.15) is 5.10 Å². The van der Waals surface area contributed by atoms with Gasteiger partial charge < -0.3 is 5.11 Å². The Bertz CT molecular complexity index is 547. The van der Waals surface area contributed by atoms with Crippen LogP contribution in [0.25, 0.3) is 0 Å². The van der Waals surface area contributed by atoms with Crippen LogP contribution in [0.2, 0.25) is 0 Å². The molecule has 4 nitrogen and oxygen atoms in total. The van der Waals surface area contributed by atoms with Gasteiger partial charge in [0.05, 0.1) is 12.1 Å². The first-order valence-corrected chi connectivity index (χ1v) is 8.20. The quantitative estimate of drug-likeness (QED) is 0.854. The topological polar surface area (TPSA) is 41.3 Å². The minimum atomic E-state index is -0.501. The van der Waals surface area contributed by atoms with Gasteiger partial charge in [-0.15, -0.1) is 0 Å². The summed E-state index contributed by atoms with van der Waals surface area (Å²) in [5.74, 6) is 0. The number of rotatable bonds is 7. The molecule has 1 aliphatic carbocycles. The molecule has 0 spiro atoms. The zero-order chi connectivity index (χ0) is 15.3. The fraction of sp³-hybridized carbons (Fsp3) is 0.500. The molecular formula is C18H25N3O. The predicted molar refractivity (Wildman–Crippen MR) is 87.4 cm³/mol. The maximum absolute atomic E-state index is 10.7. The third-order valence-electron chi connectivity index (χ3n) is 4.51. The first kappa shape index (κ1) is 15.3. The van der Waals surface area contributed by atoms with Crippen molar-refractivity contribution in [3.05, 3.63) is 54.4 Å². The molecule has 1 heterocycles. The highest BCUT2D eigenvalue weighted by Gasteiger charge is 2.32. The molecule has 0 radical (unpaired) electrons. The summed E-state index contributed by atoms with van der Waals surface area (Å²) in [6, 6.07) is 12.4. The van der Waals surface area contributed by atoms with Crippen molar-refractivity contribution < 1.29 is 5.11 Å². The van der Waals surface area contributed by atoms with Crippen LogP contribution >= 0.6 is 0 Å². The predicted octanol–water partition coefficient (Wildman–Crippen LogP) is 2.69. The highest BCUT2D eigenvalue weighted by molar-refractivity contribution is 5.14. The summed E-state index contributed by atoms with van der Waals surface area (Å²) < 4.78 is 1.96. The summed E-state index contributed by atoms with van der Waals surface area (Å²) in [6.45, 7) is 3.39. The normalized spacial score (nSPS) is 17.2. The van der Waals surface area contributed by atoms with Gasteiger partial charge >= 0.3 is 0 Å². The number of aromatic nitrogens is 2. The van der Waals surface area contributed by atoms with Crippen molar-refractivity contribution in [3.8, 4) is 0 Å². The van der Waals surface area contributed by atoms with E-state index in [1.54, 1.807) is 0 Å². The van der Waals surface area contributed by atoms with E-state index in [-0.39, 0.29) is 0 Å². The molecule has 4 heteroatoms. The van der Waals surface area contributed by atoms with Crippen molar-refractivity contribution in [2.24, 2.45) is 0 Å². The highest BCUT2D eigenvalue weighted by Crippen LogP contribution is 2.30. The molecule has 0 unspecified atom stereocenters. The van der Waals surface area contributed by atoms with Crippen LogP contribution in [0.1, 0.15) is 31.2 Å². The fourth-order valence-electron chi connectivity index (χ4n) is 3.34. The van der Waals surface area contributed by atoms with Gasteiger partial charge in [-0.1, -0.05) is 43.2 Å². The zero-order valence-corrected chi connectivity index (χ0v) is 13.1. The lowest BCUT2D eigenvalue weighted by atomic mass is 10.0. The molecule has 1 aromatic heterocycles. The van der Waals surface area contributed by atoms with Crippen molar-refractivity contribution in [2.45, 2.75) is 44.4 Å². The molecule has 1 aliphatic rings. The second kappa shape index (κ2) is 7.07. The molecular weight excluding hydrogens is 274 g/mol. The summed E-state index contributed by atoms with van der Waals surface area (Å²) in [4.78, 5) is 2.36. The standard InChI is InChI=1S/C18H25N3O/c22-18(9-4-5-10-18)16-20(13-14-21-12-6-11-19-21)15-17-7-2-1-3-8-17/h1-3,6-8,11-12,22H,4-5,9-10,13-16H2. The summed E-state index contributed by atoms with van der Waals surface area (Å²) in [7, 11) is 0. The lowest BCUT2D eigenvalue weighted by Gasteiger charge is -2.31. The molecule has 1 saturated carbocycles. The number of benzene rings is 1. The number of aliphatic hydroxyl groups is 1. The van der Waals surface area contributed by atoms with E-state index in [1.807, 2.05) is 29.2 Å². The van der Waals surface area contributed by atoms with Gasteiger partial charge in [0.1, 0.15) is 0 Å². The van der Waals surface area contributed by atoms with E-state index < -0.39 is 5.60 Å². The maximum Gasteiger partial charge on any atom is 0.0774 e. The number of hydrogen-bond donors (Lipinski definition) is 1. The summed E-state index contributed by atoms with van der Waals surface area (Å²) in [5, 5.41) is 15.0. The molecule has 2 aromatic rings. The highest BCUT2D eigenvalue weighted by atomic mass is 16.3. The van der Waals surface area contributed by atoms with Crippen molar-refractivity contribution in [2.75, 3.05) is 13.1 Å². The van der Waals surface area contributed by atoms with Gasteiger partial charge in [-0.05, 0) is 24.5 Å². The molecule has 0 amide bonds. The van der Waals surface area contributed by atoms with Gasteiger partial charge in [0.15, 0.2) is 0 Å². The Balaban J connectivity index is 1.64. The summed E-state index contributed by atoms with van der Waals surface area (Å²) in [5.41, 5.74) is 0.795. The molecule has 0 bridgehead atoms. The van der Waals surface area contributed by atoms with Crippen LogP contribution in [0.3, 0.4) is 0 Å². The van der Waals surface area contributed by atoms with Gasteiger partial charge in [0.2, 0.25) is 0 Å². The Morgan fingerprint density at radius 1 is 1.14 bits per heavy atom. The van der Waals surface area contributed by atoms with Gasteiger partial charge in [0, 0.05) is 32.0 Å². The van der Waals surface area contributed by atoms with Crippen LogP contribution in [0.5, 0.6) is 0 Å². The molecule has 22 heavy (non-hydrogen) atoms. The van der Waals surface area contributed by atoms with Gasteiger partial charge in [0.25, 0.3) is 0 Å². The summed E-state index contributed by atoms with van der Waals surface area (Å²) in [6.07, 6.45) is 7.96. The lowest BCUT2D eigenvalue weighted by Crippen LogP contribution is -2.42. The van der Waals surface area contributed by atoms with Gasteiger partial charge in [-0.25, -0.2) is 0 Å². The average molecular weight is 299 g/mol. The van der Waals surface area contributed by atoms with Crippen molar-refractivity contribution in [1.82, 2.24) is 14.7 Å². The van der Waals surface area contributed by atoms with E-state index >= 15 is 0 Å². The van der Waals surface area contributed by atoms with Crippen LogP contribution < -0.4 is 0 Å². The summed E-state index contributed by atoms with van der Waals surface area (Å²) >= 11 is 0. The Hall–Kier alpha value is -1.65. The molecule has 1 N–H and O–H groups in total. The SMILES string of the molecule is OC1(CN(CCn2cccn2)Cc2ccccc2)CCCC1. The van der Waals surface area contributed by atoms with E-state index in [2.05, 4.69) is 34.3 Å². The van der Waals surface area contributed by atoms with Gasteiger partial charge in [-0.3, -0.25) is 9.58 Å². The third-order valence-corrected chi connectivity index (χ3v) is 4.51. The molecule has 3 rings (SSSR count). The Kier molecular flexibility index (Phi) is 4.90. The van der Waals surface area contributed by atoms with Crippen LogP contribution in [-0.4, -0.2) is 38.5 Å². The van der Waals surface area contributed by atoms with Crippen molar-refractivity contribution in [1.29, 1.82) is 0 Å². The minimum Gasteiger partial charge on any atom is -0.389 e. The molecule has 0 aliphatic heterocycles.